The van der Waals surface area contributed by atoms with Crippen molar-refractivity contribution in [3.8, 4) is 0 Å². The van der Waals surface area contributed by atoms with Gasteiger partial charge in [0.25, 0.3) is 0 Å². The van der Waals surface area contributed by atoms with Crippen LogP contribution in [0, 0.1) is 0 Å². The Morgan fingerprint density at radius 2 is 0.923 bits per heavy atom. The molecule has 0 atom stereocenters. The van der Waals surface area contributed by atoms with Crippen molar-refractivity contribution in [1.29, 1.82) is 0 Å². The Kier molecular flexibility index (Phi) is 12.8. The molecule has 68 valence electrons. The predicted octanol–water partition coefficient (Wildman–Crippen LogP) is 4.38. The topological polar surface area (TPSA) is 0 Å². The first kappa shape index (κ1) is 13.4. The number of allylic oxidation sites excluding steroid dienone is 8. The van der Waals surface area contributed by atoms with Gasteiger partial charge in [0, 0.05) is 0 Å². The summed E-state index contributed by atoms with van der Waals surface area (Å²) in [5.74, 6) is 0. The predicted molar refractivity (Wildman–Crippen MR) is 57.5 cm³/mol. The molecule has 2 aliphatic rings. The van der Waals surface area contributed by atoms with E-state index in [1.165, 1.54) is 0 Å². The van der Waals surface area contributed by atoms with Crippen LogP contribution in [0.15, 0.2) is 48.6 Å². The van der Waals surface area contributed by atoms with Crippen LogP contribution >= 0.6 is 17.0 Å². The fourth-order valence-corrected chi connectivity index (χ4v) is 0.786. The third kappa shape index (κ3) is 12.4. The van der Waals surface area contributed by atoms with E-state index in [0.717, 1.165) is 12.8 Å². The maximum atomic E-state index is 4.93. The van der Waals surface area contributed by atoms with Crippen LogP contribution in [0.5, 0.6) is 0 Å². The third-order valence-corrected chi connectivity index (χ3v) is 1.31. The van der Waals surface area contributed by atoms with E-state index < -0.39 is 20.8 Å². The van der Waals surface area contributed by atoms with E-state index >= 15 is 0 Å². The van der Waals surface area contributed by atoms with Gasteiger partial charge in [0.2, 0.25) is 0 Å². The van der Waals surface area contributed by atoms with E-state index in [1.807, 2.05) is 0 Å². The molecule has 13 heavy (non-hydrogen) atoms. The standard InChI is InChI=1S/2C5H6.2ClH.Zr/c2*1-2-4-5-3-1;;;/h2*1-4H,5H2;2*1H;/q;;;;+4/p-2. The second-order valence-electron chi connectivity index (χ2n) is 2.26. The molecule has 0 aromatic heterocycles. The van der Waals surface area contributed by atoms with Crippen molar-refractivity contribution >= 4 is 17.0 Å². The van der Waals surface area contributed by atoms with E-state index in [2.05, 4.69) is 48.6 Å². The molecular weight excluding hydrogens is 282 g/mol. The zero-order valence-corrected chi connectivity index (χ0v) is 11.3. The van der Waals surface area contributed by atoms with Crippen LogP contribution in [0.2, 0.25) is 0 Å². The molecule has 0 amide bonds. The van der Waals surface area contributed by atoms with Crippen molar-refractivity contribution in [3.05, 3.63) is 48.6 Å². The second kappa shape index (κ2) is 12.4. The van der Waals surface area contributed by atoms with Gasteiger partial charge in [-0.25, -0.2) is 0 Å². The van der Waals surface area contributed by atoms with Gasteiger partial charge in [-0.1, -0.05) is 48.6 Å². The molecule has 0 unspecified atom stereocenters. The van der Waals surface area contributed by atoms with Crippen LogP contribution in [-0.2, 0) is 20.8 Å². The Labute approximate surface area is 98.7 Å². The van der Waals surface area contributed by atoms with Gasteiger partial charge in [0.15, 0.2) is 0 Å². The first-order valence-electron chi connectivity index (χ1n) is 4.01. The molecule has 0 heterocycles. The molecule has 0 saturated heterocycles. The second-order valence-corrected chi connectivity index (χ2v) is 5.99. The number of hydrogen-bond acceptors (Lipinski definition) is 0. The molecule has 0 radical (unpaired) electrons. The quantitative estimate of drug-likeness (QED) is 0.622. The summed E-state index contributed by atoms with van der Waals surface area (Å²) in [6, 6.07) is 0. The van der Waals surface area contributed by atoms with E-state index in [-0.39, 0.29) is 0 Å². The Morgan fingerprint density at radius 1 is 0.692 bits per heavy atom. The van der Waals surface area contributed by atoms with E-state index in [9.17, 15) is 0 Å². The normalized spacial score (nSPS) is 14.3. The maximum absolute atomic E-state index is 4.93. The molecule has 3 heteroatoms. The van der Waals surface area contributed by atoms with Gasteiger partial charge in [0.1, 0.15) is 0 Å². The summed E-state index contributed by atoms with van der Waals surface area (Å²) in [5.41, 5.74) is 0. The Hall–Kier alpha value is 0.423. The average molecular weight is 294 g/mol. The van der Waals surface area contributed by atoms with E-state index in [0.29, 0.717) is 0 Å². The van der Waals surface area contributed by atoms with Gasteiger partial charge in [-0.15, -0.1) is 0 Å². The molecule has 0 fully saturated rings. The van der Waals surface area contributed by atoms with Gasteiger partial charge in [0.05, 0.1) is 0 Å². The Bertz CT molecular complexity index is 163. The minimum atomic E-state index is -0.826. The van der Waals surface area contributed by atoms with Crippen molar-refractivity contribution < 1.29 is 20.8 Å². The molecule has 0 N–H and O–H groups in total. The molecule has 2 aliphatic carbocycles. The van der Waals surface area contributed by atoms with Crippen molar-refractivity contribution in [2.45, 2.75) is 12.8 Å². The molecule has 0 spiro atoms. The van der Waals surface area contributed by atoms with Gasteiger partial charge in [-0.3, -0.25) is 0 Å². The van der Waals surface area contributed by atoms with Crippen LogP contribution in [0.3, 0.4) is 0 Å². The SMILES string of the molecule is C1=CCC=C1.C1=CCC=C1.[Cl][Zr+2][Cl]. The van der Waals surface area contributed by atoms with E-state index in [1.54, 1.807) is 0 Å². The summed E-state index contributed by atoms with van der Waals surface area (Å²) in [4.78, 5) is 0. The van der Waals surface area contributed by atoms with Crippen LogP contribution in [0.1, 0.15) is 12.8 Å². The molecule has 0 aromatic carbocycles. The molecular formula is C10H12Cl2Zr+2. The number of hydrogen-bond donors (Lipinski definition) is 0. The summed E-state index contributed by atoms with van der Waals surface area (Å²) >= 11 is -0.826. The first-order chi connectivity index (χ1) is 6.41. The fourth-order valence-electron chi connectivity index (χ4n) is 0.786. The fraction of sp³-hybridized carbons (Fsp3) is 0.200. The molecule has 0 aliphatic heterocycles. The third-order valence-electron chi connectivity index (χ3n) is 1.31. The van der Waals surface area contributed by atoms with Crippen molar-refractivity contribution in [2.75, 3.05) is 0 Å². The van der Waals surface area contributed by atoms with Gasteiger partial charge >= 0.3 is 37.9 Å². The monoisotopic (exact) mass is 292 g/mol. The first-order valence-corrected chi connectivity index (χ1v) is 10.3. The van der Waals surface area contributed by atoms with Gasteiger partial charge in [-0.2, -0.15) is 0 Å². The summed E-state index contributed by atoms with van der Waals surface area (Å²) in [7, 11) is 9.87. The zero-order valence-electron chi connectivity index (χ0n) is 7.29. The number of rotatable bonds is 0. The Balaban J connectivity index is 0.000000174. The molecule has 2 rings (SSSR count). The van der Waals surface area contributed by atoms with Crippen LogP contribution in [0.4, 0.5) is 0 Å². The van der Waals surface area contributed by atoms with Crippen molar-refractivity contribution in [1.82, 2.24) is 0 Å². The number of halogens is 2. The van der Waals surface area contributed by atoms with Gasteiger partial charge < -0.3 is 0 Å². The van der Waals surface area contributed by atoms with Crippen LogP contribution in [-0.4, -0.2) is 0 Å². The van der Waals surface area contributed by atoms with Gasteiger partial charge in [-0.05, 0) is 12.8 Å². The summed E-state index contributed by atoms with van der Waals surface area (Å²) in [6.07, 6.45) is 19.0. The molecule has 0 bridgehead atoms. The molecule has 0 saturated carbocycles. The summed E-state index contributed by atoms with van der Waals surface area (Å²) < 4.78 is 0. The summed E-state index contributed by atoms with van der Waals surface area (Å²) in [5, 5.41) is 0. The summed E-state index contributed by atoms with van der Waals surface area (Å²) in [6.45, 7) is 0. The van der Waals surface area contributed by atoms with Crippen LogP contribution < -0.4 is 0 Å². The van der Waals surface area contributed by atoms with E-state index in [4.69, 9.17) is 17.0 Å². The average Bonchev–Trinajstić information content (AvgIpc) is 2.85. The Morgan fingerprint density at radius 3 is 1.00 bits per heavy atom. The zero-order chi connectivity index (χ0) is 9.78. The minimum absolute atomic E-state index is 0.826. The molecule has 0 aromatic rings. The molecule has 0 nitrogen and oxygen atoms in total. The van der Waals surface area contributed by atoms with Crippen molar-refractivity contribution in [3.63, 3.8) is 0 Å². The van der Waals surface area contributed by atoms with Crippen LogP contribution in [0.25, 0.3) is 0 Å². The van der Waals surface area contributed by atoms with Crippen molar-refractivity contribution in [2.24, 2.45) is 0 Å².